The summed E-state index contributed by atoms with van der Waals surface area (Å²) >= 11 is 6.33. The highest BCUT2D eigenvalue weighted by atomic mass is 35.5. The maximum absolute atomic E-state index is 10.0. The smallest absolute Gasteiger partial charge is 0.163 e. The van der Waals surface area contributed by atoms with Crippen molar-refractivity contribution in [1.82, 2.24) is 9.97 Å². The Balaban J connectivity index is 1.99. The topological polar surface area (TPSA) is 49.2 Å². The maximum Gasteiger partial charge on any atom is 0.163 e. The van der Waals surface area contributed by atoms with Crippen LogP contribution in [0.15, 0.2) is 24.4 Å². The molecule has 0 aromatic carbocycles. The average Bonchev–Trinajstić information content (AvgIpc) is 2.42. The molecule has 0 radical (unpaired) electrons. The van der Waals surface area contributed by atoms with E-state index in [1.54, 1.807) is 6.20 Å². The minimum absolute atomic E-state index is 0.147. The van der Waals surface area contributed by atoms with Gasteiger partial charge in [-0.3, -0.25) is 0 Å². The summed E-state index contributed by atoms with van der Waals surface area (Å²) in [5.74, 6) is 0.834. The molecule has 3 heterocycles. The van der Waals surface area contributed by atoms with Crippen LogP contribution >= 0.6 is 11.6 Å². The van der Waals surface area contributed by atoms with Crippen LogP contribution in [0, 0.1) is 5.41 Å². The van der Waals surface area contributed by atoms with E-state index >= 15 is 0 Å². The molecule has 2 aromatic rings. The van der Waals surface area contributed by atoms with E-state index in [9.17, 15) is 5.11 Å². The van der Waals surface area contributed by atoms with Gasteiger partial charge in [0.25, 0.3) is 0 Å². The Hall–Kier alpha value is -1.39. The fourth-order valence-corrected chi connectivity index (χ4v) is 2.95. The normalized spacial score (nSPS) is 22.2. The number of hydrogen-bond donors (Lipinski definition) is 1. The van der Waals surface area contributed by atoms with Gasteiger partial charge >= 0.3 is 0 Å². The highest BCUT2D eigenvalue weighted by Gasteiger charge is 2.35. The number of aromatic nitrogens is 2. The van der Waals surface area contributed by atoms with Crippen molar-refractivity contribution in [3.05, 3.63) is 29.4 Å². The molecule has 5 heteroatoms. The first-order valence-electron chi connectivity index (χ1n) is 6.82. The number of fused-ring (bicyclic) bond motifs is 1. The van der Waals surface area contributed by atoms with Crippen LogP contribution in [-0.2, 0) is 0 Å². The molecule has 20 heavy (non-hydrogen) atoms. The molecule has 0 spiro atoms. The monoisotopic (exact) mass is 291 g/mol. The molecule has 1 N–H and O–H groups in total. The molecule has 1 aliphatic heterocycles. The number of anilines is 1. The maximum atomic E-state index is 10.0. The first-order valence-corrected chi connectivity index (χ1v) is 7.19. The summed E-state index contributed by atoms with van der Waals surface area (Å²) in [4.78, 5) is 11.0. The lowest BCUT2D eigenvalue weighted by Gasteiger charge is -2.42. The van der Waals surface area contributed by atoms with Crippen molar-refractivity contribution >= 4 is 28.5 Å². The van der Waals surface area contributed by atoms with Gasteiger partial charge in [-0.15, -0.1) is 0 Å². The van der Waals surface area contributed by atoms with Gasteiger partial charge in [-0.1, -0.05) is 25.4 Å². The summed E-state index contributed by atoms with van der Waals surface area (Å²) in [6.45, 7) is 5.69. The second-order valence-corrected chi connectivity index (χ2v) is 6.46. The summed E-state index contributed by atoms with van der Waals surface area (Å²) in [6, 6.07) is 5.67. The fourth-order valence-electron chi connectivity index (χ4n) is 2.71. The summed E-state index contributed by atoms with van der Waals surface area (Å²) in [5.41, 5.74) is 0.518. The van der Waals surface area contributed by atoms with Crippen LogP contribution in [0.5, 0.6) is 0 Å². The van der Waals surface area contributed by atoms with Crippen LogP contribution in [0.2, 0.25) is 5.02 Å². The van der Waals surface area contributed by atoms with E-state index in [0.29, 0.717) is 10.7 Å². The number of rotatable bonds is 1. The number of piperidine rings is 1. The predicted octanol–water partition coefficient (Wildman–Crippen LogP) is 2.88. The molecular weight excluding hydrogens is 274 g/mol. The van der Waals surface area contributed by atoms with Gasteiger partial charge in [0.2, 0.25) is 0 Å². The van der Waals surface area contributed by atoms with E-state index in [1.165, 1.54) is 0 Å². The number of aliphatic hydroxyl groups excluding tert-OH is 1. The minimum atomic E-state index is -0.271. The van der Waals surface area contributed by atoms with E-state index in [2.05, 4.69) is 28.7 Å². The Morgan fingerprint density at radius 1 is 1.45 bits per heavy atom. The Morgan fingerprint density at radius 2 is 2.25 bits per heavy atom. The van der Waals surface area contributed by atoms with E-state index in [0.717, 1.165) is 30.7 Å². The van der Waals surface area contributed by atoms with Gasteiger partial charge in [-0.25, -0.2) is 9.97 Å². The predicted molar refractivity (Wildman–Crippen MR) is 81.2 cm³/mol. The van der Waals surface area contributed by atoms with E-state index in [4.69, 9.17) is 11.6 Å². The third-order valence-corrected chi connectivity index (χ3v) is 4.33. The van der Waals surface area contributed by atoms with E-state index in [-0.39, 0.29) is 11.5 Å². The zero-order valence-corrected chi connectivity index (χ0v) is 12.4. The first kappa shape index (κ1) is 13.6. The van der Waals surface area contributed by atoms with Crippen molar-refractivity contribution in [2.45, 2.75) is 26.4 Å². The Morgan fingerprint density at radius 3 is 3.00 bits per heavy atom. The molecule has 4 nitrogen and oxygen atoms in total. The Labute approximate surface area is 123 Å². The van der Waals surface area contributed by atoms with Gasteiger partial charge < -0.3 is 10.0 Å². The summed E-state index contributed by atoms with van der Waals surface area (Å²) in [5, 5.41) is 11.6. The highest BCUT2D eigenvalue weighted by molar-refractivity contribution is 6.35. The van der Waals surface area contributed by atoms with Crippen molar-refractivity contribution < 1.29 is 5.11 Å². The van der Waals surface area contributed by atoms with Crippen molar-refractivity contribution in [3.8, 4) is 0 Å². The zero-order valence-electron chi connectivity index (χ0n) is 11.7. The number of aliphatic hydroxyl groups is 1. The van der Waals surface area contributed by atoms with Crippen LogP contribution < -0.4 is 4.90 Å². The van der Waals surface area contributed by atoms with Gasteiger partial charge in [0, 0.05) is 36.2 Å². The third kappa shape index (κ3) is 2.34. The van der Waals surface area contributed by atoms with Crippen LogP contribution in [0.25, 0.3) is 11.0 Å². The third-order valence-electron chi connectivity index (χ3n) is 4.02. The van der Waals surface area contributed by atoms with Crippen molar-refractivity contribution in [3.63, 3.8) is 0 Å². The quantitative estimate of drug-likeness (QED) is 0.878. The minimum Gasteiger partial charge on any atom is -0.392 e. The molecule has 3 rings (SSSR count). The van der Waals surface area contributed by atoms with Gasteiger partial charge in [-0.2, -0.15) is 0 Å². The standard InChI is InChI=1S/C15H18ClN3O/c1-15(2)9-19(7-5-12(15)20)13-8-11(16)10-4-3-6-17-14(10)18-13/h3-4,6,8,12,20H,5,7,9H2,1-2H3. The Bertz CT molecular complexity index is 644. The van der Waals surface area contributed by atoms with E-state index < -0.39 is 0 Å². The zero-order chi connectivity index (χ0) is 14.3. The molecule has 1 unspecified atom stereocenters. The number of pyridine rings is 2. The lowest BCUT2D eigenvalue weighted by molar-refractivity contribution is 0.0334. The largest absolute Gasteiger partial charge is 0.392 e. The van der Waals surface area contributed by atoms with Gasteiger partial charge in [-0.05, 0) is 18.6 Å². The van der Waals surface area contributed by atoms with Crippen molar-refractivity contribution in [1.29, 1.82) is 0 Å². The summed E-state index contributed by atoms with van der Waals surface area (Å²) in [6.07, 6.45) is 2.19. The second-order valence-electron chi connectivity index (χ2n) is 6.05. The molecule has 2 aromatic heterocycles. The van der Waals surface area contributed by atoms with Crippen LogP contribution in [0.1, 0.15) is 20.3 Å². The second kappa shape index (κ2) is 4.86. The lowest BCUT2D eigenvalue weighted by atomic mass is 9.81. The average molecular weight is 292 g/mol. The highest BCUT2D eigenvalue weighted by Crippen LogP contribution is 2.33. The molecule has 0 aliphatic carbocycles. The number of nitrogens with zero attached hydrogens (tertiary/aromatic N) is 3. The number of halogens is 1. The van der Waals surface area contributed by atoms with Gasteiger partial charge in [0.1, 0.15) is 5.82 Å². The molecule has 1 aliphatic rings. The lowest BCUT2D eigenvalue weighted by Crippen LogP contribution is -2.48. The number of hydrogen-bond acceptors (Lipinski definition) is 4. The van der Waals surface area contributed by atoms with Crippen LogP contribution in [-0.4, -0.2) is 34.3 Å². The molecule has 106 valence electrons. The van der Waals surface area contributed by atoms with E-state index in [1.807, 2.05) is 18.2 Å². The molecule has 0 saturated carbocycles. The van der Waals surface area contributed by atoms with Gasteiger partial charge in [0.15, 0.2) is 5.65 Å². The summed E-state index contributed by atoms with van der Waals surface area (Å²) in [7, 11) is 0. The van der Waals surface area contributed by atoms with Crippen molar-refractivity contribution in [2.24, 2.45) is 5.41 Å². The van der Waals surface area contributed by atoms with Crippen LogP contribution in [0.4, 0.5) is 5.82 Å². The molecule has 0 amide bonds. The molecule has 1 saturated heterocycles. The molecule has 1 fully saturated rings. The summed E-state index contributed by atoms with van der Waals surface area (Å²) < 4.78 is 0. The molecule has 0 bridgehead atoms. The SMILES string of the molecule is CC1(C)CN(c2cc(Cl)c3cccnc3n2)CCC1O. The first-order chi connectivity index (χ1) is 9.47. The van der Waals surface area contributed by atoms with Crippen LogP contribution in [0.3, 0.4) is 0 Å². The fraction of sp³-hybridized carbons (Fsp3) is 0.467. The Kier molecular flexibility index (Phi) is 3.30. The van der Waals surface area contributed by atoms with Crippen molar-refractivity contribution in [2.75, 3.05) is 18.0 Å². The molecular formula is C15H18ClN3O. The molecule has 1 atom stereocenters. The van der Waals surface area contributed by atoms with Gasteiger partial charge in [0.05, 0.1) is 11.1 Å².